The van der Waals surface area contributed by atoms with Crippen LogP contribution in [-0.4, -0.2) is 36.9 Å². The average Bonchev–Trinajstić information content (AvgIpc) is 3.21. The maximum Gasteiger partial charge on any atom is 0.407 e. The third kappa shape index (κ3) is 6.38. The van der Waals surface area contributed by atoms with E-state index in [1.54, 1.807) is 6.26 Å². The van der Waals surface area contributed by atoms with Gasteiger partial charge in [-0.25, -0.2) is 4.79 Å². The molecule has 5 nitrogen and oxygen atoms in total. The van der Waals surface area contributed by atoms with Crippen molar-refractivity contribution in [3.8, 4) is 0 Å². The molecule has 0 aromatic heterocycles. The number of allylic oxidation sites excluding steroid dienone is 1. The molecule has 0 radical (unpaired) electrons. The molecule has 21 heavy (non-hydrogen) atoms. The molecule has 1 heterocycles. The van der Waals surface area contributed by atoms with Gasteiger partial charge in [0, 0.05) is 19.1 Å². The Hall–Kier alpha value is -1.23. The SMILES string of the molecule is CC(C)(C)OC(=O)NC(CNCC1CCC=CO1)C1CC1. The second-order valence-corrected chi connectivity index (χ2v) is 6.96. The Morgan fingerprint density at radius 1 is 1.38 bits per heavy atom. The Balaban J connectivity index is 1.69. The highest BCUT2D eigenvalue weighted by atomic mass is 16.6. The molecule has 1 aliphatic heterocycles. The summed E-state index contributed by atoms with van der Waals surface area (Å²) in [6.07, 6.45) is 8.26. The Labute approximate surface area is 127 Å². The minimum atomic E-state index is -0.451. The van der Waals surface area contributed by atoms with E-state index in [9.17, 15) is 4.79 Å². The Kier molecular flexibility index (Phi) is 5.51. The van der Waals surface area contributed by atoms with Gasteiger partial charge in [0.05, 0.1) is 6.26 Å². The summed E-state index contributed by atoms with van der Waals surface area (Å²) in [5, 5.41) is 6.41. The van der Waals surface area contributed by atoms with Crippen molar-refractivity contribution in [2.45, 2.75) is 64.2 Å². The summed E-state index contributed by atoms with van der Waals surface area (Å²) in [4.78, 5) is 11.9. The molecule has 1 aliphatic carbocycles. The predicted molar refractivity (Wildman–Crippen MR) is 82.0 cm³/mol. The van der Waals surface area contributed by atoms with Gasteiger partial charge in [-0.05, 0) is 58.4 Å². The van der Waals surface area contributed by atoms with E-state index < -0.39 is 5.60 Å². The number of ether oxygens (including phenoxy) is 2. The van der Waals surface area contributed by atoms with E-state index in [2.05, 4.69) is 10.6 Å². The van der Waals surface area contributed by atoms with Crippen molar-refractivity contribution in [2.75, 3.05) is 13.1 Å². The van der Waals surface area contributed by atoms with Gasteiger partial charge in [0.1, 0.15) is 11.7 Å². The predicted octanol–water partition coefficient (Wildman–Crippen LogP) is 2.57. The summed E-state index contributed by atoms with van der Waals surface area (Å²) >= 11 is 0. The lowest BCUT2D eigenvalue weighted by atomic mass is 10.1. The zero-order valence-electron chi connectivity index (χ0n) is 13.4. The van der Waals surface area contributed by atoms with E-state index >= 15 is 0 Å². The van der Waals surface area contributed by atoms with Gasteiger partial charge in [-0.2, -0.15) is 0 Å². The molecule has 2 atom stereocenters. The number of hydrogen-bond donors (Lipinski definition) is 2. The molecule has 0 bridgehead atoms. The average molecular weight is 296 g/mol. The fourth-order valence-electron chi connectivity index (χ4n) is 2.43. The number of amides is 1. The van der Waals surface area contributed by atoms with Gasteiger partial charge in [-0.15, -0.1) is 0 Å². The molecule has 2 aliphatic rings. The quantitative estimate of drug-likeness (QED) is 0.791. The lowest BCUT2D eigenvalue weighted by Gasteiger charge is -2.25. The molecule has 0 aromatic rings. The van der Waals surface area contributed by atoms with Gasteiger partial charge in [0.15, 0.2) is 0 Å². The van der Waals surface area contributed by atoms with Crippen LogP contribution >= 0.6 is 0 Å². The maximum atomic E-state index is 11.9. The second kappa shape index (κ2) is 7.16. The molecule has 120 valence electrons. The van der Waals surface area contributed by atoms with Crippen molar-refractivity contribution in [3.63, 3.8) is 0 Å². The van der Waals surface area contributed by atoms with Crippen molar-refractivity contribution in [3.05, 3.63) is 12.3 Å². The molecule has 0 saturated heterocycles. The normalized spacial score (nSPS) is 23.3. The first kappa shape index (κ1) is 16.1. The largest absolute Gasteiger partial charge is 0.497 e. The van der Waals surface area contributed by atoms with Crippen LogP contribution in [0.25, 0.3) is 0 Å². The maximum absolute atomic E-state index is 11.9. The fraction of sp³-hybridized carbons (Fsp3) is 0.812. The molecule has 5 heteroatoms. The van der Waals surface area contributed by atoms with Crippen LogP contribution in [0.5, 0.6) is 0 Å². The molecule has 2 N–H and O–H groups in total. The van der Waals surface area contributed by atoms with Crippen LogP contribution in [-0.2, 0) is 9.47 Å². The van der Waals surface area contributed by atoms with Crippen LogP contribution < -0.4 is 10.6 Å². The molecule has 2 rings (SSSR count). The Bertz CT molecular complexity index is 372. The van der Waals surface area contributed by atoms with Crippen molar-refractivity contribution in [2.24, 2.45) is 5.92 Å². The molecular formula is C16H28N2O3. The molecule has 1 fully saturated rings. The summed E-state index contributed by atoms with van der Waals surface area (Å²) in [6, 6.07) is 0.152. The Morgan fingerprint density at radius 2 is 2.14 bits per heavy atom. The molecule has 2 unspecified atom stereocenters. The van der Waals surface area contributed by atoms with Crippen LogP contribution in [0.4, 0.5) is 4.79 Å². The summed E-state index contributed by atoms with van der Waals surface area (Å²) in [7, 11) is 0. The van der Waals surface area contributed by atoms with E-state index in [0.29, 0.717) is 5.92 Å². The third-order valence-corrected chi connectivity index (χ3v) is 3.65. The van der Waals surface area contributed by atoms with Crippen LogP contribution in [0.15, 0.2) is 12.3 Å². The zero-order valence-corrected chi connectivity index (χ0v) is 13.4. The van der Waals surface area contributed by atoms with Gasteiger partial charge in [-0.1, -0.05) is 0 Å². The van der Waals surface area contributed by atoms with Gasteiger partial charge >= 0.3 is 6.09 Å². The van der Waals surface area contributed by atoms with Crippen LogP contribution in [0.2, 0.25) is 0 Å². The van der Waals surface area contributed by atoms with Crippen molar-refractivity contribution in [1.82, 2.24) is 10.6 Å². The van der Waals surface area contributed by atoms with E-state index in [1.807, 2.05) is 26.8 Å². The van der Waals surface area contributed by atoms with Crippen LogP contribution in [0, 0.1) is 5.92 Å². The van der Waals surface area contributed by atoms with Gasteiger partial charge in [0.25, 0.3) is 0 Å². The van der Waals surface area contributed by atoms with E-state index in [1.165, 1.54) is 12.8 Å². The van der Waals surface area contributed by atoms with E-state index in [0.717, 1.165) is 25.9 Å². The number of nitrogens with one attached hydrogen (secondary N) is 2. The van der Waals surface area contributed by atoms with Crippen molar-refractivity contribution < 1.29 is 14.3 Å². The third-order valence-electron chi connectivity index (χ3n) is 3.65. The molecular weight excluding hydrogens is 268 g/mol. The Morgan fingerprint density at radius 3 is 2.71 bits per heavy atom. The summed E-state index contributed by atoms with van der Waals surface area (Å²) in [5.41, 5.74) is -0.451. The first-order chi connectivity index (χ1) is 9.94. The number of hydrogen-bond acceptors (Lipinski definition) is 4. The monoisotopic (exact) mass is 296 g/mol. The first-order valence-corrected chi connectivity index (χ1v) is 7.95. The first-order valence-electron chi connectivity index (χ1n) is 7.95. The summed E-state index contributed by atoms with van der Waals surface area (Å²) < 4.78 is 10.9. The number of alkyl carbamates (subject to hydrolysis) is 1. The van der Waals surface area contributed by atoms with Crippen molar-refractivity contribution >= 4 is 6.09 Å². The second-order valence-electron chi connectivity index (χ2n) is 6.96. The molecule has 0 spiro atoms. The van der Waals surface area contributed by atoms with E-state index in [-0.39, 0.29) is 18.2 Å². The zero-order chi connectivity index (χ0) is 15.3. The minimum Gasteiger partial charge on any atom is -0.497 e. The summed E-state index contributed by atoms with van der Waals surface area (Å²) in [5.74, 6) is 0.581. The van der Waals surface area contributed by atoms with Gasteiger partial charge in [0.2, 0.25) is 0 Å². The van der Waals surface area contributed by atoms with Gasteiger partial charge < -0.3 is 20.1 Å². The van der Waals surface area contributed by atoms with Crippen LogP contribution in [0.1, 0.15) is 46.5 Å². The topological polar surface area (TPSA) is 59.6 Å². The van der Waals surface area contributed by atoms with Gasteiger partial charge in [-0.3, -0.25) is 0 Å². The highest BCUT2D eigenvalue weighted by Gasteiger charge is 2.33. The highest BCUT2D eigenvalue weighted by molar-refractivity contribution is 5.68. The molecule has 1 amide bonds. The lowest BCUT2D eigenvalue weighted by Crippen LogP contribution is -2.46. The van der Waals surface area contributed by atoms with Crippen molar-refractivity contribution in [1.29, 1.82) is 0 Å². The summed E-state index contributed by atoms with van der Waals surface area (Å²) in [6.45, 7) is 7.23. The number of carbonyl (C=O) groups excluding carboxylic acids is 1. The lowest BCUT2D eigenvalue weighted by molar-refractivity contribution is 0.0496. The van der Waals surface area contributed by atoms with Crippen LogP contribution in [0.3, 0.4) is 0 Å². The van der Waals surface area contributed by atoms with E-state index in [4.69, 9.17) is 9.47 Å². The smallest absolute Gasteiger partial charge is 0.407 e. The standard InChI is InChI=1S/C16H28N2O3/c1-16(2,3)21-15(19)18-14(12-7-8-12)11-17-10-13-6-4-5-9-20-13/h5,9,12-14,17H,4,6-8,10-11H2,1-3H3,(H,18,19). The fourth-order valence-corrected chi connectivity index (χ4v) is 2.43. The number of carbonyl (C=O) groups is 1. The molecule has 0 aromatic carbocycles. The highest BCUT2D eigenvalue weighted by Crippen LogP contribution is 2.32. The molecule has 1 saturated carbocycles. The number of rotatable bonds is 6. The minimum absolute atomic E-state index is 0.152.